The lowest BCUT2D eigenvalue weighted by molar-refractivity contribution is 0.450. The van der Waals surface area contributed by atoms with Gasteiger partial charge in [0.2, 0.25) is 0 Å². The maximum Gasteiger partial charge on any atom is 0.0345 e. The Morgan fingerprint density at radius 2 is 1.73 bits per heavy atom. The Labute approximate surface area is 96.4 Å². The van der Waals surface area contributed by atoms with Gasteiger partial charge in [-0.3, -0.25) is 0 Å². The number of nitrogens with two attached hydrogens (primary N) is 1. The Morgan fingerprint density at radius 3 is 2.40 bits per heavy atom. The fraction of sp³-hybridized carbons (Fsp3) is 0.538. The first-order valence-corrected chi connectivity index (χ1v) is 6.42. The van der Waals surface area contributed by atoms with E-state index < -0.39 is 0 Å². The number of rotatable bonds is 0. The van der Waals surface area contributed by atoms with Gasteiger partial charge < -0.3 is 5.73 Å². The van der Waals surface area contributed by atoms with Gasteiger partial charge in [-0.05, 0) is 36.5 Å². The van der Waals surface area contributed by atoms with E-state index in [1.165, 1.54) is 21.6 Å². The van der Waals surface area contributed by atoms with Crippen LogP contribution >= 0.6 is 11.8 Å². The Bertz CT molecular complexity index is 386. The smallest absolute Gasteiger partial charge is 0.0345 e. The van der Waals surface area contributed by atoms with Crippen LogP contribution in [-0.4, -0.2) is 5.25 Å². The minimum Gasteiger partial charge on any atom is -0.324 e. The van der Waals surface area contributed by atoms with Crippen molar-refractivity contribution in [3.05, 3.63) is 28.8 Å². The standard InChI is InChI=1S/C13H19NS/c1-7-5-6-8(2)13-11(7)12(14)9(3)10(4)15-13/h5-6,9-10,12H,14H2,1-4H3. The molecule has 2 heteroatoms. The Balaban J connectivity index is 2.59. The molecule has 3 unspecified atom stereocenters. The molecule has 3 atom stereocenters. The number of fused-ring (bicyclic) bond motifs is 1. The van der Waals surface area contributed by atoms with Gasteiger partial charge in [0, 0.05) is 16.2 Å². The van der Waals surface area contributed by atoms with Gasteiger partial charge in [0.05, 0.1) is 0 Å². The molecule has 0 radical (unpaired) electrons. The van der Waals surface area contributed by atoms with E-state index in [9.17, 15) is 0 Å². The molecular formula is C13H19NS. The third-order valence-corrected chi connectivity index (χ3v) is 5.13. The molecule has 0 saturated carbocycles. The Morgan fingerprint density at radius 1 is 1.13 bits per heavy atom. The summed E-state index contributed by atoms with van der Waals surface area (Å²) in [4.78, 5) is 1.42. The molecule has 2 N–H and O–H groups in total. The monoisotopic (exact) mass is 221 g/mol. The zero-order chi connectivity index (χ0) is 11.2. The Hall–Kier alpha value is -0.470. The number of thioether (sulfide) groups is 1. The van der Waals surface area contributed by atoms with Crippen LogP contribution < -0.4 is 5.73 Å². The predicted octanol–water partition coefficient (Wildman–Crippen LogP) is 3.43. The molecule has 0 bridgehead atoms. The molecular weight excluding hydrogens is 202 g/mol. The van der Waals surface area contributed by atoms with E-state index in [4.69, 9.17) is 5.73 Å². The molecule has 0 saturated heterocycles. The molecule has 15 heavy (non-hydrogen) atoms. The molecule has 82 valence electrons. The average molecular weight is 221 g/mol. The van der Waals surface area contributed by atoms with Crippen LogP contribution in [0.2, 0.25) is 0 Å². The van der Waals surface area contributed by atoms with Gasteiger partial charge in [0.1, 0.15) is 0 Å². The van der Waals surface area contributed by atoms with Crippen LogP contribution in [0.3, 0.4) is 0 Å². The molecule has 0 spiro atoms. The fourth-order valence-corrected chi connectivity index (χ4v) is 3.66. The first kappa shape index (κ1) is 11.0. The first-order valence-electron chi connectivity index (χ1n) is 5.54. The summed E-state index contributed by atoms with van der Waals surface area (Å²) in [6.45, 7) is 8.88. The van der Waals surface area contributed by atoms with E-state index in [0.717, 1.165) is 0 Å². The van der Waals surface area contributed by atoms with Crippen LogP contribution in [0.25, 0.3) is 0 Å². The van der Waals surface area contributed by atoms with E-state index in [1.807, 2.05) is 11.8 Å². The molecule has 1 heterocycles. The highest BCUT2D eigenvalue weighted by atomic mass is 32.2. The molecule has 1 aliphatic heterocycles. The van der Waals surface area contributed by atoms with Gasteiger partial charge in [-0.1, -0.05) is 26.0 Å². The van der Waals surface area contributed by atoms with Crippen LogP contribution in [0.5, 0.6) is 0 Å². The summed E-state index contributed by atoms with van der Waals surface area (Å²) in [6.07, 6.45) is 0. The van der Waals surface area contributed by atoms with Gasteiger partial charge in [-0.25, -0.2) is 0 Å². The van der Waals surface area contributed by atoms with Crippen LogP contribution in [0, 0.1) is 19.8 Å². The third-order valence-electron chi connectivity index (χ3n) is 3.55. The second kappa shape index (κ2) is 3.84. The van der Waals surface area contributed by atoms with E-state index in [1.54, 1.807) is 0 Å². The van der Waals surface area contributed by atoms with Gasteiger partial charge in [-0.2, -0.15) is 0 Å². The zero-order valence-electron chi connectivity index (χ0n) is 9.87. The maximum absolute atomic E-state index is 6.34. The molecule has 0 aliphatic carbocycles. The molecule has 1 nitrogen and oxygen atoms in total. The Kier molecular flexibility index (Phi) is 2.82. The van der Waals surface area contributed by atoms with E-state index in [0.29, 0.717) is 11.2 Å². The second-order valence-electron chi connectivity index (χ2n) is 4.65. The number of hydrogen-bond donors (Lipinski definition) is 1. The molecule has 0 amide bonds. The van der Waals surface area contributed by atoms with Crippen LogP contribution in [-0.2, 0) is 0 Å². The lowest BCUT2D eigenvalue weighted by atomic mass is 9.88. The van der Waals surface area contributed by atoms with E-state index in [2.05, 4.69) is 39.8 Å². The van der Waals surface area contributed by atoms with Gasteiger partial charge in [-0.15, -0.1) is 11.8 Å². The fourth-order valence-electron chi connectivity index (χ4n) is 2.23. The van der Waals surface area contributed by atoms with E-state index >= 15 is 0 Å². The average Bonchev–Trinajstić information content (AvgIpc) is 2.20. The third kappa shape index (κ3) is 1.70. The summed E-state index contributed by atoms with van der Waals surface area (Å²) < 4.78 is 0. The van der Waals surface area contributed by atoms with E-state index in [-0.39, 0.29) is 6.04 Å². The molecule has 1 aromatic rings. The molecule has 1 aromatic carbocycles. The minimum atomic E-state index is 0.205. The topological polar surface area (TPSA) is 26.0 Å². The van der Waals surface area contributed by atoms with Gasteiger partial charge in [0.15, 0.2) is 0 Å². The number of hydrogen-bond acceptors (Lipinski definition) is 2. The molecule has 2 rings (SSSR count). The van der Waals surface area contributed by atoms with Gasteiger partial charge >= 0.3 is 0 Å². The van der Waals surface area contributed by atoms with Crippen molar-refractivity contribution < 1.29 is 0 Å². The van der Waals surface area contributed by atoms with Gasteiger partial charge in [0.25, 0.3) is 0 Å². The molecule has 0 fully saturated rings. The maximum atomic E-state index is 6.34. The minimum absolute atomic E-state index is 0.205. The SMILES string of the molecule is Cc1ccc(C)c2c1SC(C)C(C)C2N. The predicted molar refractivity (Wildman–Crippen MR) is 67.3 cm³/mol. The number of benzene rings is 1. The van der Waals surface area contributed by atoms with Crippen molar-refractivity contribution in [3.63, 3.8) is 0 Å². The highest BCUT2D eigenvalue weighted by Gasteiger charge is 2.31. The van der Waals surface area contributed by atoms with Crippen molar-refractivity contribution in [3.8, 4) is 0 Å². The zero-order valence-corrected chi connectivity index (χ0v) is 10.7. The van der Waals surface area contributed by atoms with Crippen LogP contribution in [0.4, 0.5) is 0 Å². The first-order chi connectivity index (χ1) is 7.02. The second-order valence-corrected chi connectivity index (χ2v) is 6.04. The van der Waals surface area contributed by atoms with Crippen molar-refractivity contribution in [2.45, 2.75) is 43.9 Å². The van der Waals surface area contributed by atoms with Crippen LogP contribution in [0.15, 0.2) is 17.0 Å². The summed E-state index contributed by atoms with van der Waals surface area (Å²) in [5.41, 5.74) is 10.4. The lowest BCUT2D eigenvalue weighted by Gasteiger charge is -2.35. The van der Waals surface area contributed by atoms with Crippen LogP contribution in [0.1, 0.15) is 36.6 Å². The summed E-state index contributed by atoms with van der Waals surface area (Å²) >= 11 is 1.98. The quantitative estimate of drug-likeness (QED) is 0.726. The highest BCUT2D eigenvalue weighted by Crippen LogP contribution is 2.45. The normalized spacial score (nSPS) is 30.1. The highest BCUT2D eigenvalue weighted by molar-refractivity contribution is 8.00. The summed E-state index contributed by atoms with van der Waals surface area (Å²) in [5.74, 6) is 0.558. The summed E-state index contributed by atoms with van der Waals surface area (Å²) in [5, 5.41) is 0.619. The van der Waals surface area contributed by atoms with Crippen molar-refractivity contribution in [1.29, 1.82) is 0 Å². The lowest BCUT2D eigenvalue weighted by Crippen LogP contribution is -2.31. The van der Waals surface area contributed by atoms with Crippen molar-refractivity contribution in [1.82, 2.24) is 0 Å². The number of aryl methyl sites for hydroxylation is 2. The largest absolute Gasteiger partial charge is 0.324 e. The molecule has 1 aliphatic rings. The van der Waals surface area contributed by atoms with Crippen molar-refractivity contribution in [2.75, 3.05) is 0 Å². The van der Waals surface area contributed by atoms with Crippen molar-refractivity contribution >= 4 is 11.8 Å². The summed E-state index contributed by atoms with van der Waals surface area (Å²) in [7, 11) is 0. The molecule has 0 aromatic heterocycles. The summed E-state index contributed by atoms with van der Waals surface area (Å²) in [6, 6.07) is 4.60. The van der Waals surface area contributed by atoms with Crippen molar-refractivity contribution in [2.24, 2.45) is 11.7 Å².